The van der Waals surface area contributed by atoms with Crippen molar-refractivity contribution in [3.8, 4) is 5.75 Å². The van der Waals surface area contributed by atoms with E-state index in [4.69, 9.17) is 4.74 Å². The van der Waals surface area contributed by atoms with Crippen molar-refractivity contribution >= 4 is 56.6 Å². The van der Waals surface area contributed by atoms with Gasteiger partial charge in [-0.1, -0.05) is 53.2 Å². The number of hydrogen-bond acceptors (Lipinski definition) is 4. The Kier molecular flexibility index (Phi) is 9.16. The van der Waals surface area contributed by atoms with E-state index < -0.39 is 6.04 Å². The van der Waals surface area contributed by atoms with Gasteiger partial charge >= 0.3 is 0 Å². The van der Waals surface area contributed by atoms with E-state index in [9.17, 15) is 9.59 Å². The summed E-state index contributed by atoms with van der Waals surface area (Å²) >= 11 is 3.54. The number of halogens is 2. The first-order chi connectivity index (χ1) is 16.4. The molecule has 0 saturated heterocycles. The van der Waals surface area contributed by atoms with Gasteiger partial charge < -0.3 is 20.3 Å². The van der Waals surface area contributed by atoms with E-state index >= 15 is 0 Å². The fourth-order valence-electron chi connectivity index (χ4n) is 4.57. The summed E-state index contributed by atoms with van der Waals surface area (Å²) in [5.41, 5.74) is 2.90. The Balaban J connectivity index is 0.00000342. The molecule has 0 fully saturated rings. The highest BCUT2D eigenvalue weighted by atomic mass is 79.9. The summed E-state index contributed by atoms with van der Waals surface area (Å²) in [6.45, 7) is 4.79. The second-order valence-corrected chi connectivity index (χ2v) is 9.46. The molecule has 2 atom stereocenters. The van der Waals surface area contributed by atoms with E-state index in [0.717, 1.165) is 37.8 Å². The SMILES string of the molecule is CCN[C@@H](C)C(=O)N[C@H]1CCc2ccccc2N(Cc2c(OC)ccc3cc(Br)ccc23)C1=O.Cl. The molecule has 1 heterocycles. The number of amides is 2. The second kappa shape index (κ2) is 11.9. The Morgan fingerprint density at radius 3 is 2.71 bits per heavy atom. The van der Waals surface area contributed by atoms with Crippen molar-refractivity contribution in [3.05, 3.63) is 70.2 Å². The first-order valence-electron chi connectivity index (χ1n) is 11.6. The van der Waals surface area contributed by atoms with Crippen LogP contribution in [0.25, 0.3) is 10.8 Å². The Labute approximate surface area is 220 Å². The highest BCUT2D eigenvalue weighted by Gasteiger charge is 2.33. The third-order valence-electron chi connectivity index (χ3n) is 6.36. The number of ether oxygens (including phenoxy) is 1. The van der Waals surface area contributed by atoms with Gasteiger partial charge in [-0.3, -0.25) is 9.59 Å². The molecule has 0 radical (unpaired) electrons. The Hall–Kier alpha value is -2.61. The van der Waals surface area contributed by atoms with Crippen LogP contribution in [0.15, 0.2) is 59.1 Å². The lowest BCUT2D eigenvalue weighted by Gasteiger charge is -2.28. The molecule has 186 valence electrons. The fraction of sp³-hybridized carbons (Fsp3) is 0.333. The van der Waals surface area contributed by atoms with Gasteiger partial charge in [-0.05, 0) is 66.9 Å². The van der Waals surface area contributed by atoms with Crippen LogP contribution in [0.4, 0.5) is 5.69 Å². The molecule has 0 spiro atoms. The minimum Gasteiger partial charge on any atom is -0.496 e. The fourth-order valence-corrected chi connectivity index (χ4v) is 4.94. The molecule has 0 saturated carbocycles. The monoisotopic (exact) mass is 559 g/mol. The first kappa shape index (κ1) is 27.0. The van der Waals surface area contributed by atoms with Crippen LogP contribution in [0, 0.1) is 0 Å². The molecule has 35 heavy (non-hydrogen) atoms. The smallest absolute Gasteiger partial charge is 0.249 e. The predicted molar refractivity (Wildman–Crippen MR) is 146 cm³/mol. The number of carbonyl (C=O) groups excluding carboxylic acids is 2. The zero-order chi connectivity index (χ0) is 24.2. The van der Waals surface area contributed by atoms with Crippen LogP contribution in [0.3, 0.4) is 0 Å². The number of rotatable bonds is 7. The molecule has 8 heteroatoms. The quantitative estimate of drug-likeness (QED) is 0.427. The molecular formula is C27H31BrClN3O3. The second-order valence-electron chi connectivity index (χ2n) is 8.54. The van der Waals surface area contributed by atoms with Crippen LogP contribution in [0.1, 0.15) is 31.4 Å². The predicted octanol–water partition coefficient (Wildman–Crippen LogP) is 4.99. The Bertz CT molecular complexity index is 1220. The van der Waals surface area contributed by atoms with Gasteiger partial charge in [0.25, 0.3) is 0 Å². The lowest BCUT2D eigenvalue weighted by atomic mass is 10.0. The lowest BCUT2D eigenvalue weighted by molar-refractivity contribution is -0.128. The molecule has 4 rings (SSSR count). The number of para-hydroxylation sites is 1. The first-order valence-corrected chi connectivity index (χ1v) is 12.4. The minimum absolute atomic E-state index is 0. The Morgan fingerprint density at radius 2 is 1.97 bits per heavy atom. The van der Waals surface area contributed by atoms with E-state index in [2.05, 4.69) is 38.7 Å². The maximum Gasteiger partial charge on any atom is 0.249 e. The lowest BCUT2D eigenvalue weighted by Crippen LogP contribution is -2.52. The summed E-state index contributed by atoms with van der Waals surface area (Å²) in [5, 5.41) is 8.19. The van der Waals surface area contributed by atoms with Crippen LogP contribution in [0.2, 0.25) is 0 Å². The number of carbonyl (C=O) groups is 2. The normalized spacial score (nSPS) is 16.2. The number of hydrogen-bond donors (Lipinski definition) is 2. The van der Waals surface area contributed by atoms with E-state index in [-0.39, 0.29) is 30.3 Å². The van der Waals surface area contributed by atoms with Gasteiger partial charge in [0.05, 0.1) is 19.7 Å². The van der Waals surface area contributed by atoms with Crippen molar-refractivity contribution in [3.63, 3.8) is 0 Å². The number of benzene rings is 3. The van der Waals surface area contributed by atoms with Gasteiger partial charge in [-0.15, -0.1) is 12.4 Å². The number of methoxy groups -OCH3 is 1. The van der Waals surface area contributed by atoms with Crippen molar-refractivity contribution in [2.45, 2.75) is 45.3 Å². The van der Waals surface area contributed by atoms with E-state index in [1.165, 1.54) is 0 Å². The largest absolute Gasteiger partial charge is 0.496 e. The summed E-state index contributed by atoms with van der Waals surface area (Å²) in [6, 6.07) is 17.1. The summed E-state index contributed by atoms with van der Waals surface area (Å²) in [4.78, 5) is 28.4. The number of nitrogens with one attached hydrogen (secondary N) is 2. The van der Waals surface area contributed by atoms with Gasteiger partial charge in [-0.25, -0.2) is 0 Å². The van der Waals surface area contributed by atoms with Crippen LogP contribution < -0.4 is 20.3 Å². The van der Waals surface area contributed by atoms with E-state index in [1.54, 1.807) is 12.0 Å². The molecule has 1 aliphatic heterocycles. The van der Waals surface area contributed by atoms with Crippen LogP contribution in [0.5, 0.6) is 5.75 Å². The number of nitrogens with zero attached hydrogens (tertiary/aromatic N) is 1. The summed E-state index contributed by atoms with van der Waals surface area (Å²) in [7, 11) is 1.65. The molecular weight excluding hydrogens is 530 g/mol. The molecule has 2 amide bonds. The third-order valence-corrected chi connectivity index (χ3v) is 6.85. The van der Waals surface area contributed by atoms with Crippen LogP contribution in [-0.2, 0) is 22.6 Å². The third kappa shape index (κ3) is 5.80. The number of fused-ring (bicyclic) bond motifs is 2. The average Bonchev–Trinajstić information content (AvgIpc) is 2.96. The zero-order valence-electron chi connectivity index (χ0n) is 20.1. The minimum atomic E-state index is -0.601. The topological polar surface area (TPSA) is 70.7 Å². The van der Waals surface area contributed by atoms with E-state index in [1.807, 2.05) is 56.3 Å². The van der Waals surface area contributed by atoms with Crippen molar-refractivity contribution in [1.82, 2.24) is 10.6 Å². The van der Waals surface area contributed by atoms with Crippen molar-refractivity contribution in [2.24, 2.45) is 0 Å². The number of likely N-dealkylation sites (N-methyl/N-ethyl adjacent to an activating group) is 1. The molecule has 1 aliphatic rings. The van der Waals surface area contributed by atoms with Crippen molar-refractivity contribution in [1.29, 1.82) is 0 Å². The van der Waals surface area contributed by atoms with Crippen LogP contribution >= 0.6 is 28.3 Å². The molecule has 3 aromatic carbocycles. The maximum absolute atomic E-state index is 13.9. The van der Waals surface area contributed by atoms with E-state index in [0.29, 0.717) is 25.9 Å². The molecule has 0 unspecified atom stereocenters. The molecule has 0 aliphatic carbocycles. The van der Waals surface area contributed by atoms with Crippen LogP contribution in [-0.4, -0.2) is 37.6 Å². The summed E-state index contributed by atoms with van der Waals surface area (Å²) in [6.07, 6.45) is 1.26. The Morgan fingerprint density at radius 1 is 1.20 bits per heavy atom. The molecule has 0 aromatic heterocycles. The molecule has 2 N–H and O–H groups in total. The average molecular weight is 561 g/mol. The molecule has 0 bridgehead atoms. The molecule has 3 aromatic rings. The number of aryl methyl sites for hydroxylation is 1. The van der Waals surface area contributed by atoms with Crippen molar-refractivity contribution in [2.75, 3.05) is 18.6 Å². The summed E-state index contributed by atoms with van der Waals surface area (Å²) < 4.78 is 6.69. The van der Waals surface area contributed by atoms with Gasteiger partial charge in [0, 0.05) is 15.7 Å². The standard InChI is InChI=1S/C27H30BrN3O3.ClH/c1-4-29-17(2)26(32)30-23-13-9-18-7-5-6-8-24(18)31(27(23)33)16-22-21-12-11-20(28)15-19(21)10-14-25(22)34-3;/h5-8,10-12,14-15,17,23,29H,4,9,13,16H2,1-3H3,(H,30,32);1H/t17-,23-;/m0./s1. The highest BCUT2D eigenvalue weighted by Crippen LogP contribution is 2.35. The number of anilines is 1. The zero-order valence-corrected chi connectivity index (χ0v) is 22.5. The van der Waals surface area contributed by atoms with Gasteiger partial charge in [0.1, 0.15) is 11.8 Å². The van der Waals surface area contributed by atoms with Gasteiger partial charge in [0.2, 0.25) is 11.8 Å². The summed E-state index contributed by atoms with van der Waals surface area (Å²) in [5.74, 6) is 0.447. The van der Waals surface area contributed by atoms with Gasteiger partial charge in [0.15, 0.2) is 0 Å². The highest BCUT2D eigenvalue weighted by molar-refractivity contribution is 9.10. The van der Waals surface area contributed by atoms with Gasteiger partial charge in [-0.2, -0.15) is 0 Å². The maximum atomic E-state index is 13.9. The molecule has 6 nitrogen and oxygen atoms in total. The van der Waals surface area contributed by atoms with Crippen molar-refractivity contribution < 1.29 is 14.3 Å².